The Kier molecular flexibility index (Phi) is 9.86. The number of ether oxygens (including phenoxy) is 1. The number of carbonyl (C=O) groups excluding carboxylic acids is 1. The quantitative estimate of drug-likeness (QED) is 0.319. The molecular formula is C29H37N5O6. The van der Waals surface area contributed by atoms with E-state index in [1.807, 2.05) is 23.1 Å². The van der Waals surface area contributed by atoms with E-state index in [2.05, 4.69) is 16.3 Å². The molecular weight excluding hydrogens is 514 g/mol. The van der Waals surface area contributed by atoms with Crippen molar-refractivity contribution in [1.82, 2.24) is 20.0 Å². The Morgan fingerprint density at radius 1 is 1.15 bits per heavy atom. The molecule has 4 rings (SSSR count). The number of likely N-dealkylation sites (tertiary alicyclic amines) is 1. The summed E-state index contributed by atoms with van der Waals surface area (Å²) in [6.07, 6.45) is -0.0612. The lowest BCUT2D eigenvalue weighted by Gasteiger charge is -2.51. The van der Waals surface area contributed by atoms with Crippen LogP contribution >= 0.6 is 0 Å². The molecule has 40 heavy (non-hydrogen) atoms. The van der Waals surface area contributed by atoms with Gasteiger partial charge in [0.05, 0.1) is 31.0 Å². The van der Waals surface area contributed by atoms with Crippen molar-refractivity contribution < 1.29 is 29.6 Å². The Bertz CT molecular complexity index is 1240. The molecule has 0 saturated carbocycles. The third-order valence-corrected chi connectivity index (χ3v) is 7.76. The van der Waals surface area contributed by atoms with Gasteiger partial charge in [0, 0.05) is 37.7 Å². The Balaban J connectivity index is 1.37. The molecule has 2 aliphatic rings. The summed E-state index contributed by atoms with van der Waals surface area (Å²) in [6, 6.07) is 14.0. The number of aliphatic hydroxyl groups is 2. The van der Waals surface area contributed by atoms with Gasteiger partial charge in [-0.1, -0.05) is 24.3 Å². The molecule has 3 unspecified atom stereocenters. The number of Topliss-reactive ketones (excluding diaryl/α,β-unsaturated/α-hetero) is 1. The van der Waals surface area contributed by atoms with Crippen LogP contribution < -0.4 is 10.1 Å². The van der Waals surface area contributed by atoms with E-state index in [1.165, 1.54) is 23.1 Å². The first-order chi connectivity index (χ1) is 19.2. The van der Waals surface area contributed by atoms with E-state index in [0.717, 1.165) is 18.4 Å². The van der Waals surface area contributed by atoms with E-state index in [4.69, 9.17) is 4.74 Å². The number of benzene rings is 2. The summed E-state index contributed by atoms with van der Waals surface area (Å²) in [7, 11) is 1.68. The van der Waals surface area contributed by atoms with Crippen LogP contribution in [0, 0.1) is 11.3 Å². The minimum atomic E-state index is -1.11. The van der Waals surface area contributed by atoms with Gasteiger partial charge >= 0.3 is 5.97 Å². The van der Waals surface area contributed by atoms with E-state index in [9.17, 15) is 30.2 Å². The molecule has 0 spiro atoms. The van der Waals surface area contributed by atoms with Crippen molar-refractivity contribution in [2.45, 2.75) is 57.5 Å². The number of nitriles is 1. The Morgan fingerprint density at radius 3 is 2.55 bits per heavy atom. The van der Waals surface area contributed by atoms with Crippen molar-refractivity contribution in [2.75, 3.05) is 33.3 Å². The summed E-state index contributed by atoms with van der Waals surface area (Å²) in [4.78, 5) is 29.9. The molecule has 0 aliphatic carbocycles. The van der Waals surface area contributed by atoms with Gasteiger partial charge in [-0.2, -0.15) is 5.26 Å². The number of hydrogen-bond acceptors (Lipinski definition) is 10. The molecule has 0 bridgehead atoms. The number of carboxylic acid groups (broad SMARTS) is 1. The maximum atomic E-state index is 12.8. The number of carbonyl (C=O) groups is 2. The minimum absolute atomic E-state index is 0.0213. The number of hydrogen-bond donors (Lipinski definition) is 4. The van der Waals surface area contributed by atoms with Crippen molar-refractivity contribution in [3.05, 3.63) is 64.7 Å². The molecule has 2 aromatic rings. The third-order valence-electron chi connectivity index (χ3n) is 7.76. The van der Waals surface area contributed by atoms with E-state index in [-0.39, 0.29) is 35.8 Å². The normalized spacial score (nSPS) is 23.0. The summed E-state index contributed by atoms with van der Waals surface area (Å²) in [5.74, 6) is -1.08. The van der Waals surface area contributed by atoms with Crippen molar-refractivity contribution >= 4 is 11.8 Å². The number of aliphatic hydroxyl groups excluding tert-OH is 2. The molecule has 2 heterocycles. The van der Waals surface area contributed by atoms with Crippen LogP contribution in [0.5, 0.6) is 5.75 Å². The summed E-state index contributed by atoms with van der Waals surface area (Å²) < 4.78 is 5.42. The topological polar surface area (TPSA) is 150 Å². The Labute approximate surface area is 234 Å². The number of piperidine rings is 1. The SMILES string of the molecule is CCOc1cc(C(=O)CNC2CCN(C3CC(O)N(C)C(O)N3Cc3ccccc3C#N)CC2)ccc1C(=O)O. The minimum Gasteiger partial charge on any atom is -0.493 e. The van der Waals surface area contributed by atoms with E-state index >= 15 is 0 Å². The molecule has 214 valence electrons. The molecule has 0 aromatic heterocycles. The smallest absolute Gasteiger partial charge is 0.339 e. The molecule has 11 heteroatoms. The first-order valence-corrected chi connectivity index (χ1v) is 13.6. The zero-order chi connectivity index (χ0) is 28.8. The molecule has 2 aromatic carbocycles. The second-order valence-corrected chi connectivity index (χ2v) is 10.2. The fourth-order valence-corrected chi connectivity index (χ4v) is 5.43. The molecule has 0 amide bonds. The van der Waals surface area contributed by atoms with Crippen molar-refractivity contribution in [3.8, 4) is 11.8 Å². The predicted octanol–water partition coefficient (Wildman–Crippen LogP) is 1.65. The highest BCUT2D eigenvalue weighted by Gasteiger charge is 2.41. The van der Waals surface area contributed by atoms with Crippen molar-refractivity contribution in [1.29, 1.82) is 5.26 Å². The highest BCUT2D eigenvalue weighted by atomic mass is 16.5. The van der Waals surface area contributed by atoms with Gasteiger partial charge in [-0.05, 0) is 50.6 Å². The predicted molar refractivity (Wildman–Crippen MR) is 146 cm³/mol. The van der Waals surface area contributed by atoms with Gasteiger partial charge in [0.1, 0.15) is 17.5 Å². The molecule has 2 saturated heterocycles. The van der Waals surface area contributed by atoms with Crippen LogP contribution in [0.3, 0.4) is 0 Å². The highest BCUT2D eigenvalue weighted by molar-refractivity contribution is 6.00. The van der Waals surface area contributed by atoms with Gasteiger partial charge in [0.2, 0.25) is 0 Å². The third kappa shape index (κ3) is 6.67. The van der Waals surface area contributed by atoms with Crippen LogP contribution in [0.4, 0.5) is 0 Å². The first-order valence-electron chi connectivity index (χ1n) is 13.6. The van der Waals surface area contributed by atoms with Gasteiger partial charge in [0.25, 0.3) is 0 Å². The zero-order valence-corrected chi connectivity index (χ0v) is 22.9. The van der Waals surface area contributed by atoms with Gasteiger partial charge in [-0.3, -0.25) is 9.69 Å². The summed E-state index contributed by atoms with van der Waals surface area (Å²) in [6.45, 7) is 3.94. The number of ketones is 1. The molecule has 11 nitrogen and oxygen atoms in total. The van der Waals surface area contributed by atoms with Crippen LogP contribution in [0.25, 0.3) is 0 Å². The fraction of sp³-hybridized carbons (Fsp3) is 0.483. The van der Waals surface area contributed by atoms with Gasteiger partial charge < -0.3 is 25.4 Å². The maximum absolute atomic E-state index is 12.8. The van der Waals surface area contributed by atoms with Crippen LogP contribution in [0.1, 0.15) is 58.0 Å². The number of nitrogens with one attached hydrogen (secondary N) is 1. The number of carboxylic acids is 1. The van der Waals surface area contributed by atoms with Crippen LogP contribution in [-0.4, -0.2) is 99.8 Å². The second-order valence-electron chi connectivity index (χ2n) is 10.2. The van der Waals surface area contributed by atoms with Crippen LogP contribution in [0.15, 0.2) is 42.5 Å². The van der Waals surface area contributed by atoms with Gasteiger partial charge in [0.15, 0.2) is 12.1 Å². The average Bonchev–Trinajstić information content (AvgIpc) is 2.96. The lowest BCUT2D eigenvalue weighted by atomic mass is 10.0. The maximum Gasteiger partial charge on any atom is 0.339 e. The number of aromatic carboxylic acids is 1. The van der Waals surface area contributed by atoms with Crippen molar-refractivity contribution in [3.63, 3.8) is 0 Å². The molecule has 2 fully saturated rings. The highest BCUT2D eigenvalue weighted by Crippen LogP contribution is 2.29. The van der Waals surface area contributed by atoms with E-state index in [1.54, 1.807) is 20.0 Å². The van der Waals surface area contributed by atoms with E-state index in [0.29, 0.717) is 43.8 Å². The number of rotatable bonds is 10. The average molecular weight is 552 g/mol. The summed E-state index contributed by atoms with van der Waals surface area (Å²) in [5, 5.41) is 43.8. The lowest BCUT2D eigenvalue weighted by Crippen LogP contribution is -2.65. The number of nitrogens with zero attached hydrogens (tertiary/aromatic N) is 4. The van der Waals surface area contributed by atoms with Crippen LogP contribution in [0.2, 0.25) is 0 Å². The lowest BCUT2D eigenvalue weighted by molar-refractivity contribution is -0.240. The van der Waals surface area contributed by atoms with E-state index < -0.39 is 18.5 Å². The largest absolute Gasteiger partial charge is 0.493 e. The zero-order valence-electron chi connectivity index (χ0n) is 22.9. The van der Waals surface area contributed by atoms with Crippen molar-refractivity contribution in [2.24, 2.45) is 0 Å². The summed E-state index contributed by atoms with van der Waals surface area (Å²) >= 11 is 0. The van der Waals surface area contributed by atoms with Crippen LogP contribution in [-0.2, 0) is 6.54 Å². The monoisotopic (exact) mass is 551 g/mol. The molecule has 0 radical (unpaired) electrons. The standard InChI is InChI=1S/C29H37N5O6/c1-3-40-25-14-19(8-9-23(25)28(37)38)24(35)17-31-22-10-12-33(13-11-22)26-15-27(36)32(2)29(39)34(26)18-21-7-5-4-6-20(21)16-30/h4-9,14,22,26-27,29,31,36,39H,3,10-13,15,17-18H2,1-2H3,(H,37,38). The molecule has 4 N–H and O–H groups in total. The molecule has 3 atom stereocenters. The van der Waals surface area contributed by atoms with Gasteiger partial charge in [-0.15, -0.1) is 0 Å². The van der Waals surface area contributed by atoms with Gasteiger partial charge in [-0.25, -0.2) is 14.6 Å². The fourth-order valence-electron chi connectivity index (χ4n) is 5.43. The first kappa shape index (κ1) is 29.6. The molecule has 2 aliphatic heterocycles. The Hall–Kier alpha value is -3.37. The Morgan fingerprint density at radius 2 is 1.88 bits per heavy atom. The summed E-state index contributed by atoms with van der Waals surface area (Å²) in [5.41, 5.74) is 1.78. The second kappa shape index (κ2) is 13.3.